The van der Waals surface area contributed by atoms with Crippen molar-refractivity contribution >= 4 is 11.8 Å². The van der Waals surface area contributed by atoms with Crippen LogP contribution in [0.3, 0.4) is 0 Å². The highest BCUT2D eigenvalue weighted by atomic mass is 16.2. The molecule has 0 aromatic heterocycles. The lowest BCUT2D eigenvalue weighted by atomic mass is 10.0. The molecule has 0 saturated heterocycles. The summed E-state index contributed by atoms with van der Waals surface area (Å²) >= 11 is 0. The van der Waals surface area contributed by atoms with E-state index in [4.69, 9.17) is 5.73 Å². The number of aryl methyl sites for hydroxylation is 1. The molecule has 1 aromatic rings. The monoisotopic (exact) mass is 273 g/mol. The van der Waals surface area contributed by atoms with Crippen molar-refractivity contribution in [3.05, 3.63) is 34.9 Å². The van der Waals surface area contributed by atoms with Gasteiger partial charge in [0.2, 0.25) is 5.91 Å². The van der Waals surface area contributed by atoms with Crippen LogP contribution >= 0.6 is 0 Å². The maximum absolute atomic E-state index is 12.2. The van der Waals surface area contributed by atoms with Gasteiger partial charge < -0.3 is 16.4 Å². The van der Waals surface area contributed by atoms with Crippen molar-refractivity contribution in [2.45, 2.75) is 19.9 Å². The number of benzene rings is 1. The predicted octanol–water partition coefficient (Wildman–Crippen LogP) is 0.170. The van der Waals surface area contributed by atoms with Crippen molar-refractivity contribution in [1.29, 1.82) is 0 Å². The van der Waals surface area contributed by atoms with Gasteiger partial charge in [0.15, 0.2) is 0 Å². The molecule has 1 aromatic carbocycles. The van der Waals surface area contributed by atoms with Crippen molar-refractivity contribution in [2.75, 3.05) is 13.6 Å². The number of likely N-dealkylation sites (N-methyl/N-ethyl adjacent to an activating group) is 1. The fourth-order valence-corrected chi connectivity index (χ4v) is 1.66. The van der Waals surface area contributed by atoms with E-state index in [0.717, 1.165) is 5.56 Å². The zero-order valence-corrected chi connectivity index (χ0v) is 11.9. The third-order valence-corrected chi connectivity index (χ3v) is 2.73. The molecule has 2 amide bonds. The maximum Gasteiger partial charge on any atom is 0.253 e. The van der Waals surface area contributed by atoms with Crippen molar-refractivity contribution in [3.63, 3.8) is 0 Å². The molecular formula is C15H19N3O2. The van der Waals surface area contributed by atoms with Gasteiger partial charge in [0, 0.05) is 12.6 Å². The van der Waals surface area contributed by atoms with E-state index in [1.165, 1.54) is 7.05 Å². The minimum absolute atomic E-state index is 0.226. The number of amides is 2. The van der Waals surface area contributed by atoms with Crippen molar-refractivity contribution in [2.24, 2.45) is 5.73 Å². The summed E-state index contributed by atoms with van der Waals surface area (Å²) < 4.78 is 0. The summed E-state index contributed by atoms with van der Waals surface area (Å²) in [5.41, 5.74) is 7.40. The largest absolute Gasteiger partial charge is 0.357 e. The first-order chi connectivity index (χ1) is 9.49. The first kappa shape index (κ1) is 15.7. The Morgan fingerprint density at radius 2 is 2.10 bits per heavy atom. The Kier molecular flexibility index (Phi) is 5.75. The Bertz CT molecular complexity index is 570. The number of carbonyl (C=O) groups is 2. The minimum Gasteiger partial charge on any atom is -0.357 e. The summed E-state index contributed by atoms with van der Waals surface area (Å²) in [7, 11) is 1.52. The van der Waals surface area contributed by atoms with Crippen molar-refractivity contribution in [1.82, 2.24) is 10.6 Å². The molecule has 0 bridgehead atoms. The molecular weight excluding hydrogens is 254 g/mol. The molecule has 0 aliphatic carbocycles. The van der Waals surface area contributed by atoms with Gasteiger partial charge in [-0.15, -0.1) is 0 Å². The molecule has 0 radical (unpaired) electrons. The second-order valence-corrected chi connectivity index (χ2v) is 4.36. The lowest BCUT2D eigenvalue weighted by Gasteiger charge is -2.13. The molecule has 1 rings (SSSR count). The van der Waals surface area contributed by atoms with Gasteiger partial charge in [-0.05, 0) is 31.5 Å². The molecule has 0 aliphatic rings. The van der Waals surface area contributed by atoms with E-state index in [2.05, 4.69) is 22.5 Å². The van der Waals surface area contributed by atoms with Crippen molar-refractivity contribution in [3.8, 4) is 11.8 Å². The van der Waals surface area contributed by atoms with E-state index in [1.54, 1.807) is 13.0 Å². The van der Waals surface area contributed by atoms with Gasteiger partial charge in [0.1, 0.15) is 6.04 Å². The molecule has 0 saturated carbocycles. The molecule has 4 N–H and O–H groups in total. The molecule has 0 heterocycles. The van der Waals surface area contributed by atoms with E-state index in [-0.39, 0.29) is 18.4 Å². The zero-order valence-electron chi connectivity index (χ0n) is 11.9. The van der Waals surface area contributed by atoms with E-state index >= 15 is 0 Å². The summed E-state index contributed by atoms with van der Waals surface area (Å²) in [6.45, 7) is 3.77. The molecule has 5 heteroatoms. The van der Waals surface area contributed by atoms with E-state index < -0.39 is 6.04 Å². The Hall–Kier alpha value is -2.32. The molecule has 5 nitrogen and oxygen atoms in total. The van der Waals surface area contributed by atoms with Crippen LogP contribution in [0.4, 0.5) is 0 Å². The molecule has 0 spiro atoms. The van der Waals surface area contributed by atoms with Crippen LogP contribution in [0.15, 0.2) is 18.2 Å². The number of carbonyl (C=O) groups excluding carboxylic acids is 2. The van der Waals surface area contributed by atoms with E-state index in [1.807, 2.05) is 19.1 Å². The number of nitrogens with two attached hydrogens (primary N) is 1. The van der Waals surface area contributed by atoms with Crippen LogP contribution in [0, 0.1) is 18.8 Å². The normalized spacial score (nSPS) is 11.0. The average molecular weight is 273 g/mol. The van der Waals surface area contributed by atoms with Gasteiger partial charge >= 0.3 is 0 Å². The molecule has 106 valence electrons. The highest BCUT2D eigenvalue weighted by molar-refractivity contribution is 5.99. The Labute approximate surface area is 118 Å². The van der Waals surface area contributed by atoms with Crippen LogP contribution < -0.4 is 16.4 Å². The molecule has 1 atom stereocenters. The summed E-state index contributed by atoms with van der Waals surface area (Å²) in [6, 6.07) is 4.74. The van der Waals surface area contributed by atoms with Crippen LogP contribution in [-0.2, 0) is 4.79 Å². The first-order valence-corrected chi connectivity index (χ1v) is 6.31. The van der Waals surface area contributed by atoms with Gasteiger partial charge in [-0.2, -0.15) is 0 Å². The molecule has 1 unspecified atom stereocenters. The number of hydrogen-bond acceptors (Lipinski definition) is 3. The standard InChI is InChI=1S/C15H19N3O2/c1-10-6-7-13(12(9-10)5-4-8-16)15(20)18-11(2)14(19)17-3/h6-7,9,11H,8,16H2,1-3H3,(H,17,19)(H,18,20). The fraction of sp³-hybridized carbons (Fsp3) is 0.333. The smallest absolute Gasteiger partial charge is 0.253 e. The third-order valence-electron chi connectivity index (χ3n) is 2.73. The first-order valence-electron chi connectivity index (χ1n) is 6.31. The van der Waals surface area contributed by atoms with Crippen LogP contribution in [0.2, 0.25) is 0 Å². The number of nitrogens with one attached hydrogen (secondary N) is 2. The molecule has 0 aliphatic heterocycles. The summed E-state index contributed by atoms with van der Waals surface area (Å²) in [5, 5.41) is 5.11. The zero-order chi connectivity index (χ0) is 15.1. The topological polar surface area (TPSA) is 84.2 Å². The molecule has 0 fully saturated rings. The number of rotatable bonds is 3. The van der Waals surface area contributed by atoms with Gasteiger partial charge in [-0.25, -0.2) is 0 Å². The van der Waals surface area contributed by atoms with E-state index in [0.29, 0.717) is 11.1 Å². The lowest BCUT2D eigenvalue weighted by Crippen LogP contribution is -2.43. The van der Waals surface area contributed by atoms with Gasteiger partial charge in [0.05, 0.1) is 12.1 Å². The third kappa shape index (κ3) is 4.11. The van der Waals surface area contributed by atoms with Crippen LogP contribution in [0.5, 0.6) is 0 Å². The van der Waals surface area contributed by atoms with Crippen molar-refractivity contribution < 1.29 is 9.59 Å². The van der Waals surface area contributed by atoms with Crippen LogP contribution in [0.1, 0.15) is 28.4 Å². The Morgan fingerprint density at radius 1 is 1.40 bits per heavy atom. The molecule has 20 heavy (non-hydrogen) atoms. The quantitative estimate of drug-likeness (QED) is 0.686. The minimum atomic E-state index is -0.607. The summed E-state index contributed by atoms with van der Waals surface area (Å²) in [5.74, 6) is 5.03. The average Bonchev–Trinajstić information content (AvgIpc) is 2.43. The highest BCUT2D eigenvalue weighted by Gasteiger charge is 2.17. The summed E-state index contributed by atoms with van der Waals surface area (Å²) in [6.07, 6.45) is 0. The van der Waals surface area contributed by atoms with Crippen LogP contribution in [0.25, 0.3) is 0 Å². The van der Waals surface area contributed by atoms with E-state index in [9.17, 15) is 9.59 Å². The predicted molar refractivity (Wildman–Crippen MR) is 78.1 cm³/mol. The van der Waals surface area contributed by atoms with Gasteiger partial charge in [-0.1, -0.05) is 17.9 Å². The second kappa shape index (κ2) is 7.31. The Balaban J connectivity index is 3.00. The number of hydrogen-bond donors (Lipinski definition) is 3. The SMILES string of the molecule is CNC(=O)C(C)NC(=O)c1ccc(C)cc1C#CCN. The highest BCUT2D eigenvalue weighted by Crippen LogP contribution is 2.11. The van der Waals surface area contributed by atoms with Crippen LogP contribution in [-0.4, -0.2) is 31.4 Å². The van der Waals surface area contributed by atoms with Gasteiger partial charge in [-0.3, -0.25) is 9.59 Å². The fourth-order valence-electron chi connectivity index (χ4n) is 1.66. The maximum atomic E-state index is 12.2. The Morgan fingerprint density at radius 3 is 2.70 bits per heavy atom. The van der Waals surface area contributed by atoms with Gasteiger partial charge in [0.25, 0.3) is 5.91 Å². The summed E-state index contributed by atoms with van der Waals surface area (Å²) in [4.78, 5) is 23.6. The lowest BCUT2D eigenvalue weighted by molar-refractivity contribution is -0.122. The second-order valence-electron chi connectivity index (χ2n) is 4.36.